The predicted octanol–water partition coefficient (Wildman–Crippen LogP) is 0.476. The zero-order valence-corrected chi connectivity index (χ0v) is 11.8. The molecule has 6 nitrogen and oxygen atoms in total. The zero-order chi connectivity index (χ0) is 15.1. The fourth-order valence-electron chi connectivity index (χ4n) is 3.01. The number of hydrogen-bond donors (Lipinski definition) is 1. The average Bonchev–Trinajstić information content (AvgIpc) is 3.06. The standard InChI is InChI=1S/C15H17N3O3/c1-17-14(20)11-5-4-9(7-12(11)15(17)21)13(19)18-6-2-3-10(18)8-16/h4-5,7,10H,2-3,6,8,16H2,1H3. The highest BCUT2D eigenvalue weighted by molar-refractivity contribution is 6.21. The first-order valence-electron chi connectivity index (χ1n) is 7.02. The van der Waals surface area contributed by atoms with Gasteiger partial charge in [0.2, 0.25) is 0 Å². The number of fused-ring (bicyclic) bond motifs is 1. The molecule has 1 aromatic rings. The Morgan fingerprint density at radius 3 is 2.71 bits per heavy atom. The summed E-state index contributed by atoms with van der Waals surface area (Å²) in [5.74, 6) is -0.808. The highest BCUT2D eigenvalue weighted by Crippen LogP contribution is 2.25. The molecule has 2 aliphatic rings. The number of benzene rings is 1. The zero-order valence-electron chi connectivity index (χ0n) is 11.8. The molecule has 0 aromatic heterocycles. The highest BCUT2D eigenvalue weighted by Gasteiger charge is 2.34. The summed E-state index contributed by atoms with van der Waals surface area (Å²) >= 11 is 0. The van der Waals surface area contributed by atoms with Crippen molar-refractivity contribution in [2.45, 2.75) is 18.9 Å². The van der Waals surface area contributed by atoms with Gasteiger partial charge in [-0.25, -0.2) is 0 Å². The number of hydrogen-bond acceptors (Lipinski definition) is 4. The Bertz CT molecular complexity index is 641. The maximum Gasteiger partial charge on any atom is 0.261 e. The molecule has 0 radical (unpaired) electrons. The van der Waals surface area contributed by atoms with E-state index < -0.39 is 0 Å². The van der Waals surface area contributed by atoms with Crippen LogP contribution in [0.2, 0.25) is 0 Å². The van der Waals surface area contributed by atoms with Crippen molar-refractivity contribution in [3.05, 3.63) is 34.9 Å². The minimum Gasteiger partial charge on any atom is -0.334 e. The molecule has 3 amide bonds. The van der Waals surface area contributed by atoms with Crippen LogP contribution in [0.5, 0.6) is 0 Å². The van der Waals surface area contributed by atoms with Crippen molar-refractivity contribution in [1.29, 1.82) is 0 Å². The topological polar surface area (TPSA) is 83.7 Å². The Hall–Kier alpha value is -2.21. The van der Waals surface area contributed by atoms with Gasteiger partial charge in [0.25, 0.3) is 17.7 Å². The van der Waals surface area contributed by atoms with E-state index in [-0.39, 0.29) is 23.8 Å². The van der Waals surface area contributed by atoms with Gasteiger partial charge in [-0.05, 0) is 31.0 Å². The molecule has 2 N–H and O–H groups in total. The summed E-state index contributed by atoms with van der Waals surface area (Å²) in [6, 6.07) is 4.75. The molecule has 1 unspecified atom stereocenters. The monoisotopic (exact) mass is 287 g/mol. The van der Waals surface area contributed by atoms with Gasteiger partial charge in [0.1, 0.15) is 0 Å². The van der Waals surface area contributed by atoms with E-state index in [2.05, 4.69) is 0 Å². The van der Waals surface area contributed by atoms with Gasteiger partial charge in [0.05, 0.1) is 11.1 Å². The molecule has 1 atom stereocenters. The number of nitrogens with two attached hydrogens (primary N) is 1. The number of imide groups is 1. The second-order valence-corrected chi connectivity index (χ2v) is 5.46. The van der Waals surface area contributed by atoms with Crippen LogP contribution in [0.15, 0.2) is 18.2 Å². The molecule has 1 saturated heterocycles. The quantitative estimate of drug-likeness (QED) is 0.802. The van der Waals surface area contributed by atoms with Gasteiger partial charge in [0, 0.05) is 31.7 Å². The van der Waals surface area contributed by atoms with Crippen LogP contribution in [0.3, 0.4) is 0 Å². The van der Waals surface area contributed by atoms with Crippen LogP contribution in [0, 0.1) is 0 Å². The van der Waals surface area contributed by atoms with E-state index in [1.807, 2.05) is 0 Å². The van der Waals surface area contributed by atoms with Gasteiger partial charge in [-0.15, -0.1) is 0 Å². The summed E-state index contributed by atoms with van der Waals surface area (Å²) in [5.41, 5.74) is 6.78. The normalized spacial score (nSPS) is 21.1. The lowest BCUT2D eigenvalue weighted by Crippen LogP contribution is -2.39. The molecule has 21 heavy (non-hydrogen) atoms. The molecule has 6 heteroatoms. The lowest BCUT2D eigenvalue weighted by molar-refractivity contribution is 0.0692. The molecule has 110 valence electrons. The molecule has 0 saturated carbocycles. The predicted molar refractivity (Wildman–Crippen MR) is 76.0 cm³/mol. The molecule has 0 aliphatic carbocycles. The molecular weight excluding hydrogens is 270 g/mol. The van der Waals surface area contributed by atoms with Crippen LogP contribution in [0.4, 0.5) is 0 Å². The minimum atomic E-state index is -0.360. The maximum atomic E-state index is 12.5. The Morgan fingerprint density at radius 1 is 1.29 bits per heavy atom. The second-order valence-electron chi connectivity index (χ2n) is 5.46. The first-order chi connectivity index (χ1) is 10.0. The van der Waals surface area contributed by atoms with Crippen molar-refractivity contribution in [1.82, 2.24) is 9.80 Å². The first-order valence-corrected chi connectivity index (χ1v) is 7.02. The van der Waals surface area contributed by atoms with E-state index in [1.165, 1.54) is 13.1 Å². The summed E-state index contributed by atoms with van der Waals surface area (Å²) in [7, 11) is 1.44. The summed E-state index contributed by atoms with van der Waals surface area (Å²) in [5, 5.41) is 0. The Kier molecular flexibility index (Phi) is 3.25. The van der Waals surface area contributed by atoms with E-state index in [0.717, 1.165) is 17.7 Å². The Balaban J connectivity index is 1.93. The minimum absolute atomic E-state index is 0.0609. The van der Waals surface area contributed by atoms with Gasteiger partial charge in [0.15, 0.2) is 0 Å². The number of rotatable bonds is 2. The first kappa shape index (κ1) is 13.8. The van der Waals surface area contributed by atoms with Crippen molar-refractivity contribution in [3.8, 4) is 0 Å². The van der Waals surface area contributed by atoms with Gasteiger partial charge in [-0.3, -0.25) is 19.3 Å². The second kappa shape index (κ2) is 4.96. The molecular formula is C15H17N3O3. The number of amides is 3. The third-order valence-electron chi connectivity index (χ3n) is 4.25. The van der Waals surface area contributed by atoms with Crippen LogP contribution >= 0.6 is 0 Å². The summed E-state index contributed by atoms with van der Waals surface area (Å²) in [6.45, 7) is 1.13. The number of carbonyl (C=O) groups is 3. The maximum absolute atomic E-state index is 12.5. The summed E-state index contributed by atoms with van der Waals surface area (Å²) in [6.07, 6.45) is 1.85. The van der Waals surface area contributed by atoms with Crippen molar-refractivity contribution in [2.75, 3.05) is 20.1 Å². The number of nitrogens with zero attached hydrogens (tertiary/aromatic N) is 2. The van der Waals surface area contributed by atoms with Crippen LogP contribution < -0.4 is 5.73 Å². The van der Waals surface area contributed by atoms with Crippen LogP contribution in [-0.4, -0.2) is 53.7 Å². The highest BCUT2D eigenvalue weighted by atomic mass is 16.2. The van der Waals surface area contributed by atoms with Gasteiger partial charge in [-0.2, -0.15) is 0 Å². The number of likely N-dealkylation sites (tertiary alicyclic amines) is 1. The van der Waals surface area contributed by atoms with Crippen molar-refractivity contribution < 1.29 is 14.4 Å². The van der Waals surface area contributed by atoms with Crippen LogP contribution in [0.1, 0.15) is 43.9 Å². The van der Waals surface area contributed by atoms with Crippen molar-refractivity contribution >= 4 is 17.7 Å². The van der Waals surface area contributed by atoms with E-state index in [0.29, 0.717) is 29.8 Å². The Labute approximate surface area is 122 Å². The van der Waals surface area contributed by atoms with E-state index in [4.69, 9.17) is 5.73 Å². The fourth-order valence-corrected chi connectivity index (χ4v) is 3.01. The molecule has 2 aliphatic heterocycles. The van der Waals surface area contributed by atoms with E-state index in [1.54, 1.807) is 17.0 Å². The van der Waals surface area contributed by atoms with Gasteiger partial charge in [-0.1, -0.05) is 0 Å². The van der Waals surface area contributed by atoms with Gasteiger partial charge < -0.3 is 10.6 Å². The lowest BCUT2D eigenvalue weighted by Gasteiger charge is -2.23. The van der Waals surface area contributed by atoms with E-state index >= 15 is 0 Å². The van der Waals surface area contributed by atoms with Crippen molar-refractivity contribution in [2.24, 2.45) is 5.73 Å². The van der Waals surface area contributed by atoms with Crippen LogP contribution in [-0.2, 0) is 0 Å². The van der Waals surface area contributed by atoms with Gasteiger partial charge >= 0.3 is 0 Å². The average molecular weight is 287 g/mol. The Morgan fingerprint density at radius 2 is 2.00 bits per heavy atom. The molecule has 0 bridgehead atoms. The van der Waals surface area contributed by atoms with E-state index in [9.17, 15) is 14.4 Å². The number of carbonyl (C=O) groups excluding carboxylic acids is 3. The van der Waals surface area contributed by atoms with Crippen LogP contribution in [0.25, 0.3) is 0 Å². The smallest absolute Gasteiger partial charge is 0.261 e. The van der Waals surface area contributed by atoms with Crippen molar-refractivity contribution in [3.63, 3.8) is 0 Å². The molecule has 3 rings (SSSR count). The largest absolute Gasteiger partial charge is 0.334 e. The fraction of sp³-hybridized carbons (Fsp3) is 0.400. The third-order valence-corrected chi connectivity index (χ3v) is 4.25. The molecule has 2 heterocycles. The molecule has 0 spiro atoms. The third kappa shape index (κ3) is 2.03. The molecule has 1 fully saturated rings. The molecule has 1 aromatic carbocycles. The lowest BCUT2D eigenvalue weighted by atomic mass is 10.0. The summed E-state index contributed by atoms with van der Waals surface area (Å²) < 4.78 is 0. The summed E-state index contributed by atoms with van der Waals surface area (Å²) in [4.78, 5) is 39.2. The SMILES string of the molecule is CN1C(=O)c2ccc(C(=O)N3CCCC3CN)cc2C1=O.